The van der Waals surface area contributed by atoms with Gasteiger partial charge in [-0.1, -0.05) is 0 Å². The van der Waals surface area contributed by atoms with E-state index in [9.17, 15) is 29.4 Å². The van der Waals surface area contributed by atoms with Crippen LogP contribution in [0.3, 0.4) is 0 Å². The van der Waals surface area contributed by atoms with Crippen LogP contribution in [0.4, 0.5) is 0 Å². The maximum absolute atomic E-state index is 12.2. The number of rotatable bonds is 7. The number of carbonyl (C=O) groups is 4. The fraction of sp³-hybridized carbons (Fsp3) is 0.692. The van der Waals surface area contributed by atoms with Gasteiger partial charge in [-0.05, 0) is 0 Å². The highest BCUT2D eigenvalue weighted by molar-refractivity contribution is 5.93. The Kier molecular flexibility index (Phi) is 7.07. The van der Waals surface area contributed by atoms with E-state index in [0.717, 1.165) is 4.90 Å². The Morgan fingerprint density at radius 1 is 1.12 bits per heavy atom. The molecule has 0 aromatic rings. The second-order valence-corrected chi connectivity index (χ2v) is 5.40. The van der Waals surface area contributed by atoms with Crippen LogP contribution in [0, 0.1) is 0 Å². The number of aliphatic hydroxyl groups is 3. The maximum atomic E-state index is 12.2. The number of aliphatic carboxylic acids is 1. The molecule has 3 amide bonds. The lowest BCUT2D eigenvalue weighted by Crippen LogP contribution is -2.57. The fourth-order valence-corrected chi connectivity index (χ4v) is 2.33. The van der Waals surface area contributed by atoms with E-state index < -0.39 is 61.1 Å². The molecule has 6 N–H and O–H groups in total. The molecule has 0 aromatic carbocycles. The normalized spacial score (nSPS) is 22.6. The minimum atomic E-state index is -1.58. The van der Waals surface area contributed by atoms with Crippen molar-refractivity contribution < 1.29 is 39.6 Å². The highest BCUT2D eigenvalue weighted by Gasteiger charge is 2.38. The molecule has 0 radical (unpaired) electrons. The molecule has 0 spiro atoms. The minimum Gasteiger partial charge on any atom is -0.480 e. The van der Waals surface area contributed by atoms with Crippen LogP contribution in [-0.4, -0.2) is 93.0 Å². The number of hydrogen-bond acceptors (Lipinski definition) is 7. The number of carboxylic acid groups (broad SMARTS) is 1. The predicted octanol–water partition coefficient (Wildman–Crippen LogP) is -3.99. The molecule has 4 atom stereocenters. The van der Waals surface area contributed by atoms with Crippen LogP contribution in [0.5, 0.6) is 0 Å². The van der Waals surface area contributed by atoms with E-state index in [4.69, 9.17) is 10.2 Å². The number of carboxylic acids is 1. The summed E-state index contributed by atoms with van der Waals surface area (Å²) in [7, 11) is 0. The van der Waals surface area contributed by atoms with Crippen molar-refractivity contribution in [2.24, 2.45) is 0 Å². The quantitative estimate of drug-likeness (QED) is 0.270. The van der Waals surface area contributed by atoms with Crippen molar-refractivity contribution >= 4 is 23.7 Å². The van der Waals surface area contributed by atoms with Gasteiger partial charge in [0.1, 0.15) is 18.1 Å². The van der Waals surface area contributed by atoms with Crippen molar-refractivity contribution in [2.45, 2.75) is 37.6 Å². The monoisotopic (exact) mass is 347 g/mol. The lowest BCUT2D eigenvalue weighted by atomic mass is 10.1. The van der Waals surface area contributed by atoms with E-state index in [0.29, 0.717) is 0 Å². The van der Waals surface area contributed by atoms with E-state index in [2.05, 4.69) is 5.32 Å². The van der Waals surface area contributed by atoms with E-state index >= 15 is 0 Å². The number of aliphatic hydroxyl groups excluding tert-OH is 3. The number of hydrogen-bond donors (Lipinski definition) is 6. The van der Waals surface area contributed by atoms with Crippen molar-refractivity contribution in [1.29, 1.82) is 0 Å². The summed E-state index contributed by atoms with van der Waals surface area (Å²) in [5, 5.41) is 40.6. The van der Waals surface area contributed by atoms with E-state index in [1.807, 2.05) is 5.32 Å². The van der Waals surface area contributed by atoms with Crippen LogP contribution in [0.1, 0.15) is 13.3 Å². The third-order valence-corrected chi connectivity index (χ3v) is 3.60. The predicted molar refractivity (Wildman–Crippen MR) is 77.5 cm³/mol. The van der Waals surface area contributed by atoms with Crippen LogP contribution >= 0.6 is 0 Å². The van der Waals surface area contributed by atoms with Crippen LogP contribution in [0.2, 0.25) is 0 Å². The van der Waals surface area contributed by atoms with Crippen molar-refractivity contribution in [1.82, 2.24) is 15.5 Å². The van der Waals surface area contributed by atoms with Gasteiger partial charge in [0.05, 0.1) is 19.3 Å². The zero-order valence-electron chi connectivity index (χ0n) is 13.0. The first-order chi connectivity index (χ1) is 11.2. The topological polar surface area (TPSA) is 176 Å². The summed E-state index contributed by atoms with van der Waals surface area (Å²) in [5.74, 6) is -3.66. The summed E-state index contributed by atoms with van der Waals surface area (Å²) in [6.07, 6.45) is -0.892. The van der Waals surface area contributed by atoms with Crippen LogP contribution in [0.25, 0.3) is 0 Å². The van der Waals surface area contributed by atoms with Crippen LogP contribution in [-0.2, 0) is 19.2 Å². The lowest BCUT2D eigenvalue weighted by molar-refractivity contribution is -0.144. The molecule has 0 saturated carbocycles. The summed E-state index contributed by atoms with van der Waals surface area (Å²) in [6.45, 7) is -0.465. The van der Waals surface area contributed by atoms with Crippen LogP contribution in [0.15, 0.2) is 0 Å². The third kappa shape index (κ3) is 4.88. The Morgan fingerprint density at radius 2 is 1.71 bits per heavy atom. The second kappa shape index (κ2) is 8.57. The first-order valence-electron chi connectivity index (χ1n) is 7.21. The number of β-amino-alcohol motifs (C(OH)–C–C–N with tert-alkyl or cyclic N) is 1. The largest absolute Gasteiger partial charge is 0.480 e. The molecule has 11 heteroatoms. The van der Waals surface area contributed by atoms with Gasteiger partial charge in [0.25, 0.3) is 0 Å². The van der Waals surface area contributed by atoms with Gasteiger partial charge in [-0.3, -0.25) is 14.4 Å². The van der Waals surface area contributed by atoms with Gasteiger partial charge in [0.15, 0.2) is 0 Å². The molecule has 11 nitrogen and oxygen atoms in total. The van der Waals surface area contributed by atoms with E-state index in [1.165, 1.54) is 6.92 Å². The summed E-state index contributed by atoms with van der Waals surface area (Å²) >= 11 is 0. The number of amides is 3. The Balaban J connectivity index is 2.73. The molecule has 0 aromatic heterocycles. The molecule has 1 aliphatic heterocycles. The number of nitrogens with zero attached hydrogens (tertiary/aromatic N) is 1. The van der Waals surface area contributed by atoms with Gasteiger partial charge < -0.3 is 36.0 Å². The van der Waals surface area contributed by atoms with Gasteiger partial charge in [-0.15, -0.1) is 0 Å². The Bertz CT molecular complexity index is 511. The number of nitrogens with one attached hydrogen (secondary N) is 2. The lowest BCUT2D eigenvalue weighted by Gasteiger charge is -2.25. The molecule has 0 bridgehead atoms. The molecular formula is C13H21N3O8. The maximum Gasteiger partial charge on any atom is 0.328 e. The zero-order valence-corrected chi connectivity index (χ0v) is 13.0. The average molecular weight is 347 g/mol. The number of likely N-dealkylation sites (tertiary alicyclic amines) is 1. The Morgan fingerprint density at radius 3 is 2.17 bits per heavy atom. The van der Waals surface area contributed by atoms with E-state index in [-0.39, 0.29) is 13.0 Å². The Hall–Kier alpha value is -2.24. The SMILES string of the molecule is CC(=O)N1C[C@H](O)C[C@H]1C(=O)N[C@@H](CO)C(=O)N[C@@H](CO)C(=O)O. The highest BCUT2D eigenvalue weighted by Crippen LogP contribution is 2.18. The molecule has 136 valence electrons. The molecule has 1 fully saturated rings. The van der Waals surface area contributed by atoms with E-state index in [1.54, 1.807) is 0 Å². The highest BCUT2D eigenvalue weighted by atomic mass is 16.4. The number of carbonyl (C=O) groups excluding carboxylic acids is 3. The summed E-state index contributed by atoms with van der Waals surface area (Å²) in [4.78, 5) is 47.5. The van der Waals surface area contributed by atoms with Crippen molar-refractivity contribution in [2.75, 3.05) is 19.8 Å². The summed E-state index contributed by atoms with van der Waals surface area (Å²) in [5.41, 5.74) is 0. The molecule has 1 heterocycles. The van der Waals surface area contributed by atoms with Gasteiger partial charge in [-0.2, -0.15) is 0 Å². The van der Waals surface area contributed by atoms with Gasteiger partial charge >= 0.3 is 5.97 Å². The van der Waals surface area contributed by atoms with Crippen molar-refractivity contribution in [3.8, 4) is 0 Å². The molecule has 0 aliphatic carbocycles. The third-order valence-electron chi connectivity index (χ3n) is 3.60. The fourth-order valence-electron chi connectivity index (χ4n) is 2.33. The van der Waals surface area contributed by atoms with Gasteiger partial charge in [0, 0.05) is 19.9 Å². The van der Waals surface area contributed by atoms with Crippen molar-refractivity contribution in [3.63, 3.8) is 0 Å². The molecule has 24 heavy (non-hydrogen) atoms. The molecule has 1 saturated heterocycles. The molecule has 0 unspecified atom stereocenters. The standard InChI is InChI=1S/C13H21N3O8/c1-6(19)16-3-7(20)2-10(16)12(22)14-8(4-17)11(21)15-9(5-18)13(23)24/h7-10,17-18,20H,2-5H2,1H3,(H,14,22)(H,15,21)(H,23,24)/t7-,8+,9+,10+/m1/s1. The van der Waals surface area contributed by atoms with Crippen LogP contribution < -0.4 is 10.6 Å². The second-order valence-electron chi connectivity index (χ2n) is 5.40. The first-order valence-corrected chi connectivity index (χ1v) is 7.21. The molecule has 1 rings (SSSR count). The van der Waals surface area contributed by atoms with Crippen molar-refractivity contribution in [3.05, 3.63) is 0 Å². The van der Waals surface area contributed by atoms with Gasteiger partial charge in [0.2, 0.25) is 17.7 Å². The molecule has 1 aliphatic rings. The molecular weight excluding hydrogens is 326 g/mol. The first kappa shape index (κ1) is 19.8. The smallest absolute Gasteiger partial charge is 0.328 e. The zero-order chi connectivity index (χ0) is 18.4. The minimum absolute atomic E-state index is 0.0143. The summed E-state index contributed by atoms with van der Waals surface area (Å²) < 4.78 is 0. The van der Waals surface area contributed by atoms with Gasteiger partial charge in [-0.25, -0.2) is 4.79 Å². The Labute approximate surface area is 137 Å². The summed E-state index contributed by atoms with van der Waals surface area (Å²) in [6, 6.07) is -4.03. The average Bonchev–Trinajstić information content (AvgIpc) is 2.91.